The van der Waals surface area contributed by atoms with Crippen LogP contribution in [0.15, 0.2) is 30.3 Å². The zero-order valence-corrected chi connectivity index (χ0v) is 13.6. The van der Waals surface area contributed by atoms with Gasteiger partial charge >= 0.3 is 0 Å². The van der Waals surface area contributed by atoms with Crippen LogP contribution in [0.2, 0.25) is 0 Å². The monoisotopic (exact) mass is 317 g/mol. The van der Waals surface area contributed by atoms with E-state index in [1.54, 1.807) is 41.5 Å². The Morgan fingerprint density at radius 2 is 2.00 bits per heavy atom. The lowest BCUT2D eigenvalue weighted by Crippen LogP contribution is -2.25. The van der Waals surface area contributed by atoms with E-state index in [0.717, 1.165) is 17.7 Å². The molecule has 1 aromatic heterocycles. The van der Waals surface area contributed by atoms with E-state index in [9.17, 15) is 9.18 Å². The van der Waals surface area contributed by atoms with Crippen molar-refractivity contribution in [2.24, 2.45) is 0 Å². The highest BCUT2D eigenvalue weighted by molar-refractivity contribution is 7.14. The Kier molecular flexibility index (Phi) is 4.57. The van der Waals surface area contributed by atoms with Crippen molar-refractivity contribution < 1.29 is 9.18 Å². The largest absolute Gasteiger partial charge is 0.337 e. The van der Waals surface area contributed by atoms with Crippen LogP contribution in [0.5, 0.6) is 0 Å². The van der Waals surface area contributed by atoms with Gasteiger partial charge in [0, 0.05) is 24.0 Å². The molecule has 116 valence electrons. The number of fused-ring (bicyclic) bond motifs is 1. The number of carbonyl (C=O) groups excluding carboxylic acids is 1. The number of hydrogen-bond acceptors (Lipinski definition) is 2. The molecule has 0 radical (unpaired) electrons. The molecule has 1 aliphatic rings. The van der Waals surface area contributed by atoms with Crippen molar-refractivity contribution >= 4 is 17.2 Å². The molecule has 22 heavy (non-hydrogen) atoms. The minimum Gasteiger partial charge on any atom is -0.337 e. The van der Waals surface area contributed by atoms with E-state index in [1.807, 2.05) is 6.07 Å². The van der Waals surface area contributed by atoms with Gasteiger partial charge in [-0.3, -0.25) is 4.79 Å². The fraction of sp³-hybridized carbons (Fsp3) is 0.389. The Morgan fingerprint density at radius 1 is 1.23 bits per heavy atom. The first kappa shape index (κ1) is 15.2. The predicted molar refractivity (Wildman–Crippen MR) is 87.8 cm³/mol. The van der Waals surface area contributed by atoms with E-state index >= 15 is 0 Å². The summed E-state index contributed by atoms with van der Waals surface area (Å²) in [6.45, 7) is 0.300. The summed E-state index contributed by atoms with van der Waals surface area (Å²) in [5.41, 5.74) is 1.89. The maximum Gasteiger partial charge on any atom is 0.263 e. The lowest BCUT2D eigenvalue weighted by molar-refractivity contribution is 0.0788. The number of carbonyl (C=O) groups is 1. The SMILES string of the molecule is CN(Cc1ccccc1F)C(=O)c1cc2c(s1)CCCCC2. The molecule has 1 aliphatic carbocycles. The van der Waals surface area contributed by atoms with Crippen molar-refractivity contribution in [3.63, 3.8) is 0 Å². The molecule has 0 spiro atoms. The van der Waals surface area contributed by atoms with Crippen molar-refractivity contribution in [2.75, 3.05) is 7.05 Å². The number of thiophene rings is 1. The third kappa shape index (κ3) is 3.22. The van der Waals surface area contributed by atoms with Gasteiger partial charge in [-0.05, 0) is 43.4 Å². The first-order valence-corrected chi connectivity index (χ1v) is 8.57. The van der Waals surface area contributed by atoms with Gasteiger partial charge in [0.05, 0.1) is 4.88 Å². The second-order valence-corrected chi connectivity index (χ2v) is 7.01. The van der Waals surface area contributed by atoms with Gasteiger partial charge in [0.1, 0.15) is 5.82 Å². The summed E-state index contributed by atoms with van der Waals surface area (Å²) >= 11 is 1.61. The van der Waals surface area contributed by atoms with Crippen LogP contribution in [0.1, 0.15) is 44.9 Å². The zero-order chi connectivity index (χ0) is 15.5. The molecule has 1 heterocycles. The number of rotatable bonds is 3. The van der Waals surface area contributed by atoms with Gasteiger partial charge in [-0.15, -0.1) is 11.3 Å². The Bertz CT molecular complexity index is 656. The lowest BCUT2D eigenvalue weighted by Gasteiger charge is -2.16. The summed E-state index contributed by atoms with van der Waals surface area (Å²) in [5, 5.41) is 0. The quantitative estimate of drug-likeness (QED) is 0.767. The molecule has 0 saturated carbocycles. The lowest BCUT2D eigenvalue weighted by atomic mass is 10.1. The van der Waals surface area contributed by atoms with E-state index in [2.05, 4.69) is 0 Å². The molecule has 3 rings (SSSR count). The molecule has 2 aromatic rings. The first-order chi connectivity index (χ1) is 10.6. The highest BCUT2D eigenvalue weighted by Gasteiger charge is 2.19. The van der Waals surface area contributed by atoms with Crippen molar-refractivity contribution in [3.05, 3.63) is 57.0 Å². The predicted octanol–water partition coefficient (Wildman–Crippen LogP) is 4.43. The molecule has 1 amide bonds. The van der Waals surface area contributed by atoms with Gasteiger partial charge in [-0.1, -0.05) is 24.6 Å². The van der Waals surface area contributed by atoms with E-state index in [-0.39, 0.29) is 11.7 Å². The van der Waals surface area contributed by atoms with Crippen LogP contribution < -0.4 is 0 Å². The Hall–Kier alpha value is -1.68. The summed E-state index contributed by atoms with van der Waals surface area (Å²) in [5.74, 6) is -0.273. The van der Waals surface area contributed by atoms with Gasteiger partial charge in [0.2, 0.25) is 0 Å². The van der Waals surface area contributed by atoms with Gasteiger partial charge in [-0.2, -0.15) is 0 Å². The van der Waals surface area contributed by atoms with Crippen LogP contribution in [-0.4, -0.2) is 17.9 Å². The number of nitrogens with zero attached hydrogens (tertiary/aromatic N) is 1. The maximum absolute atomic E-state index is 13.7. The van der Waals surface area contributed by atoms with E-state index in [4.69, 9.17) is 0 Å². The van der Waals surface area contributed by atoms with Gasteiger partial charge in [0.25, 0.3) is 5.91 Å². The molecule has 4 heteroatoms. The second-order valence-electron chi connectivity index (χ2n) is 5.87. The minimum atomic E-state index is -0.260. The number of benzene rings is 1. The van der Waals surface area contributed by atoms with E-state index in [0.29, 0.717) is 12.1 Å². The average molecular weight is 317 g/mol. The topological polar surface area (TPSA) is 20.3 Å². The number of hydrogen-bond donors (Lipinski definition) is 0. The van der Waals surface area contributed by atoms with E-state index < -0.39 is 0 Å². The van der Waals surface area contributed by atoms with Crippen molar-refractivity contribution in [2.45, 2.75) is 38.6 Å². The molecule has 0 aliphatic heterocycles. The summed E-state index contributed by atoms with van der Waals surface area (Å²) in [7, 11) is 1.74. The molecule has 2 nitrogen and oxygen atoms in total. The summed E-state index contributed by atoms with van der Waals surface area (Å²) < 4.78 is 13.7. The van der Waals surface area contributed by atoms with Crippen LogP contribution >= 0.6 is 11.3 Å². The molecule has 0 N–H and O–H groups in total. The highest BCUT2D eigenvalue weighted by Crippen LogP contribution is 2.29. The summed E-state index contributed by atoms with van der Waals surface area (Å²) in [6, 6.07) is 8.66. The third-order valence-corrected chi connectivity index (χ3v) is 5.39. The van der Waals surface area contributed by atoms with Crippen LogP contribution in [0, 0.1) is 5.82 Å². The number of aryl methyl sites for hydroxylation is 2. The third-order valence-electron chi connectivity index (χ3n) is 4.17. The molecule has 0 bridgehead atoms. The van der Waals surface area contributed by atoms with Crippen LogP contribution in [-0.2, 0) is 19.4 Å². The van der Waals surface area contributed by atoms with Crippen LogP contribution in [0.3, 0.4) is 0 Å². The molecule has 0 atom stereocenters. The van der Waals surface area contributed by atoms with Crippen LogP contribution in [0.4, 0.5) is 4.39 Å². The Balaban J connectivity index is 1.75. The molecule has 0 fully saturated rings. The summed E-state index contributed by atoms with van der Waals surface area (Å²) in [4.78, 5) is 16.3. The fourth-order valence-electron chi connectivity index (χ4n) is 2.91. The van der Waals surface area contributed by atoms with Crippen molar-refractivity contribution in [1.29, 1.82) is 0 Å². The van der Waals surface area contributed by atoms with Crippen molar-refractivity contribution in [3.8, 4) is 0 Å². The highest BCUT2D eigenvalue weighted by atomic mass is 32.1. The standard InChI is InChI=1S/C18H20FNOS/c1-20(12-14-8-5-6-9-15(14)19)18(21)17-11-13-7-3-2-4-10-16(13)22-17/h5-6,8-9,11H,2-4,7,10,12H2,1H3. The molecule has 1 aromatic carbocycles. The molecule has 0 unspecified atom stereocenters. The zero-order valence-electron chi connectivity index (χ0n) is 12.8. The fourth-order valence-corrected chi connectivity index (χ4v) is 4.16. The van der Waals surface area contributed by atoms with Gasteiger partial charge < -0.3 is 4.90 Å². The van der Waals surface area contributed by atoms with Gasteiger partial charge in [-0.25, -0.2) is 4.39 Å². The number of amides is 1. The maximum atomic E-state index is 13.7. The molecular weight excluding hydrogens is 297 g/mol. The minimum absolute atomic E-state index is 0.0127. The first-order valence-electron chi connectivity index (χ1n) is 7.75. The second kappa shape index (κ2) is 6.61. The number of halogens is 1. The Morgan fingerprint density at radius 3 is 2.82 bits per heavy atom. The van der Waals surface area contributed by atoms with Crippen LogP contribution in [0.25, 0.3) is 0 Å². The average Bonchev–Trinajstić information content (AvgIpc) is 2.79. The van der Waals surface area contributed by atoms with Gasteiger partial charge in [0.15, 0.2) is 0 Å². The van der Waals surface area contributed by atoms with E-state index in [1.165, 1.54) is 35.8 Å². The Labute approximate surface area is 134 Å². The molecule has 0 saturated heterocycles. The normalized spacial score (nSPS) is 14.3. The van der Waals surface area contributed by atoms with Crippen molar-refractivity contribution in [1.82, 2.24) is 4.90 Å². The molecular formula is C18H20FNOS. The summed E-state index contributed by atoms with van der Waals surface area (Å²) in [6.07, 6.45) is 5.87. The smallest absolute Gasteiger partial charge is 0.263 e.